The van der Waals surface area contributed by atoms with Crippen LogP contribution >= 0.6 is 0 Å². The number of rotatable bonds is 1. The van der Waals surface area contributed by atoms with Gasteiger partial charge in [0.2, 0.25) is 0 Å². The Morgan fingerprint density at radius 2 is 2.12 bits per heavy atom. The molecule has 0 bridgehead atoms. The summed E-state index contributed by atoms with van der Waals surface area (Å²) >= 11 is 0. The first-order chi connectivity index (χ1) is 7.99. The second-order valence-electron chi connectivity index (χ2n) is 4.93. The lowest BCUT2D eigenvalue weighted by atomic mass is 9.98. The first-order valence-electron chi connectivity index (χ1n) is 5.94. The number of aliphatic hydroxyl groups is 1. The normalized spacial score (nSPS) is 25.8. The van der Waals surface area contributed by atoms with Crippen molar-refractivity contribution in [3.05, 3.63) is 17.8 Å². The number of hydrogen-bond donors (Lipinski definition) is 1. The number of halogens is 1. The second-order valence-corrected chi connectivity index (χ2v) is 4.93. The third kappa shape index (κ3) is 2.72. The first kappa shape index (κ1) is 12.2. The minimum atomic E-state index is -0.646. The van der Waals surface area contributed by atoms with Gasteiger partial charge in [-0.1, -0.05) is 0 Å². The molecule has 5 heteroatoms. The van der Waals surface area contributed by atoms with E-state index in [1.807, 2.05) is 11.8 Å². The minimum Gasteiger partial charge on any atom is -0.390 e. The predicted molar refractivity (Wildman–Crippen MR) is 63.4 cm³/mol. The molecule has 2 heterocycles. The molecule has 4 nitrogen and oxygen atoms in total. The van der Waals surface area contributed by atoms with Gasteiger partial charge in [0, 0.05) is 13.1 Å². The molecule has 17 heavy (non-hydrogen) atoms. The smallest absolute Gasteiger partial charge is 0.186 e. The van der Waals surface area contributed by atoms with E-state index in [1.165, 1.54) is 6.33 Å². The molecule has 94 valence electrons. The number of nitrogens with zero attached hydrogens (tertiary/aromatic N) is 3. The maximum atomic E-state index is 13.9. The highest BCUT2D eigenvalue weighted by Crippen LogP contribution is 2.25. The summed E-state index contributed by atoms with van der Waals surface area (Å²) in [5, 5.41) is 9.99. The van der Waals surface area contributed by atoms with Crippen LogP contribution in [0.5, 0.6) is 0 Å². The molecule has 1 fully saturated rings. The molecule has 1 aliphatic heterocycles. The van der Waals surface area contributed by atoms with Crippen molar-refractivity contribution >= 4 is 5.82 Å². The number of aromatic nitrogens is 2. The van der Waals surface area contributed by atoms with Gasteiger partial charge in [0.05, 0.1) is 11.3 Å². The Kier molecular flexibility index (Phi) is 3.28. The van der Waals surface area contributed by atoms with Gasteiger partial charge >= 0.3 is 0 Å². The highest BCUT2D eigenvalue weighted by molar-refractivity contribution is 5.40. The standard InChI is InChI=1S/C12H18FN3O/c1-9-10(13)11(15-8-14-9)16-6-3-4-12(2,17)5-7-16/h8,17H,3-7H2,1-2H3. The molecule has 1 aliphatic rings. The SMILES string of the molecule is Cc1ncnc(N2CCCC(C)(O)CC2)c1F. The fourth-order valence-corrected chi connectivity index (χ4v) is 2.14. The van der Waals surface area contributed by atoms with E-state index in [4.69, 9.17) is 0 Å². The third-order valence-electron chi connectivity index (χ3n) is 3.31. The van der Waals surface area contributed by atoms with E-state index in [2.05, 4.69) is 9.97 Å². The molecule has 0 radical (unpaired) electrons. The van der Waals surface area contributed by atoms with Gasteiger partial charge in [-0.05, 0) is 33.1 Å². The number of hydrogen-bond acceptors (Lipinski definition) is 4. The van der Waals surface area contributed by atoms with Crippen LogP contribution < -0.4 is 4.90 Å². The summed E-state index contributed by atoms with van der Waals surface area (Å²) in [7, 11) is 0. The molecule has 1 aromatic rings. The average molecular weight is 239 g/mol. The van der Waals surface area contributed by atoms with Gasteiger partial charge in [-0.25, -0.2) is 14.4 Å². The average Bonchev–Trinajstić information content (AvgIpc) is 2.44. The zero-order valence-electron chi connectivity index (χ0n) is 10.3. The van der Waals surface area contributed by atoms with Crippen LogP contribution in [0.4, 0.5) is 10.2 Å². The third-order valence-corrected chi connectivity index (χ3v) is 3.31. The first-order valence-corrected chi connectivity index (χ1v) is 5.94. The van der Waals surface area contributed by atoms with Crippen LogP contribution in [0.15, 0.2) is 6.33 Å². The Morgan fingerprint density at radius 3 is 2.88 bits per heavy atom. The second kappa shape index (κ2) is 4.56. The monoisotopic (exact) mass is 239 g/mol. The van der Waals surface area contributed by atoms with Crippen molar-refractivity contribution < 1.29 is 9.50 Å². The van der Waals surface area contributed by atoms with Crippen LogP contribution in [-0.4, -0.2) is 33.8 Å². The van der Waals surface area contributed by atoms with Crippen molar-refractivity contribution in [2.75, 3.05) is 18.0 Å². The molecule has 0 spiro atoms. The minimum absolute atomic E-state index is 0.353. The Hall–Kier alpha value is -1.23. The van der Waals surface area contributed by atoms with Crippen molar-refractivity contribution in [3.63, 3.8) is 0 Å². The summed E-state index contributed by atoms with van der Waals surface area (Å²) in [5.74, 6) is 0.00393. The molecule has 1 aromatic heterocycles. The van der Waals surface area contributed by atoms with Crippen molar-refractivity contribution in [1.29, 1.82) is 0 Å². The fourth-order valence-electron chi connectivity index (χ4n) is 2.14. The molecule has 0 amide bonds. The molecular formula is C12H18FN3O. The van der Waals surface area contributed by atoms with E-state index < -0.39 is 5.60 Å². The van der Waals surface area contributed by atoms with Gasteiger partial charge < -0.3 is 10.0 Å². The van der Waals surface area contributed by atoms with Crippen LogP contribution in [0, 0.1) is 12.7 Å². The van der Waals surface area contributed by atoms with Crippen molar-refractivity contribution in [2.45, 2.75) is 38.7 Å². The van der Waals surface area contributed by atoms with E-state index in [9.17, 15) is 9.50 Å². The maximum Gasteiger partial charge on any atom is 0.186 e. The summed E-state index contributed by atoms with van der Waals surface area (Å²) in [5.41, 5.74) is -0.279. The van der Waals surface area contributed by atoms with E-state index in [0.29, 0.717) is 24.5 Å². The van der Waals surface area contributed by atoms with Gasteiger partial charge in [-0.15, -0.1) is 0 Å². The van der Waals surface area contributed by atoms with E-state index in [0.717, 1.165) is 19.4 Å². The fraction of sp³-hybridized carbons (Fsp3) is 0.667. The highest BCUT2D eigenvalue weighted by atomic mass is 19.1. The van der Waals surface area contributed by atoms with Gasteiger partial charge in [-0.3, -0.25) is 0 Å². The lowest BCUT2D eigenvalue weighted by Gasteiger charge is -2.23. The van der Waals surface area contributed by atoms with Gasteiger partial charge in [0.25, 0.3) is 0 Å². The van der Waals surface area contributed by atoms with Crippen molar-refractivity contribution in [2.24, 2.45) is 0 Å². The molecule has 0 aliphatic carbocycles. The molecule has 0 saturated carbocycles. The summed E-state index contributed by atoms with van der Waals surface area (Å²) in [6.45, 7) is 4.82. The van der Waals surface area contributed by atoms with E-state index in [1.54, 1.807) is 6.92 Å². The van der Waals surface area contributed by atoms with Gasteiger partial charge in [0.15, 0.2) is 11.6 Å². The lowest BCUT2D eigenvalue weighted by molar-refractivity contribution is 0.0481. The van der Waals surface area contributed by atoms with E-state index in [-0.39, 0.29) is 5.82 Å². The Labute approximate surface area is 101 Å². The van der Waals surface area contributed by atoms with Crippen LogP contribution in [0.3, 0.4) is 0 Å². The Balaban J connectivity index is 2.20. The summed E-state index contributed by atoms with van der Waals surface area (Å²) in [6, 6.07) is 0. The molecule has 1 unspecified atom stereocenters. The molecule has 2 rings (SSSR count). The zero-order chi connectivity index (χ0) is 12.5. The van der Waals surface area contributed by atoms with Crippen LogP contribution in [0.1, 0.15) is 31.9 Å². The van der Waals surface area contributed by atoms with Gasteiger partial charge in [-0.2, -0.15) is 0 Å². The largest absolute Gasteiger partial charge is 0.390 e. The zero-order valence-corrected chi connectivity index (χ0v) is 10.3. The molecule has 1 N–H and O–H groups in total. The quantitative estimate of drug-likeness (QED) is 0.809. The number of anilines is 1. The molecule has 1 atom stereocenters. The summed E-state index contributed by atoms with van der Waals surface area (Å²) in [4.78, 5) is 9.73. The van der Waals surface area contributed by atoms with Crippen molar-refractivity contribution in [3.8, 4) is 0 Å². The molecular weight excluding hydrogens is 221 g/mol. The number of aryl methyl sites for hydroxylation is 1. The molecule has 0 aromatic carbocycles. The summed E-state index contributed by atoms with van der Waals surface area (Å²) in [6.07, 6.45) is 3.61. The summed E-state index contributed by atoms with van der Waals surface area (Å²) < 4.78 is 13.9. The van der Waals surface area contributed by atoms with Crippen molar-refractivity contribution in [1.82, 2.24) is 9.97 Å². The topological polar surface area (TPSA) is 49.2 Å². The highest BCUT2D eigenvalue weighted by Gasteiger charge is 2.26. The van der Waals surface area contributed by atoms with Crippen LogP contribution in [0.2, 0.25) is 0 Å². The Morgan fingerprint density at radius 1 is 1.35 bits per heavy atom. The van der Waals surface area contributed by atoms with Gasteiger partial charge in [0.1, 0.15) is 6.33 Å². The molecule has 1 saturated heterocycles. The lowest BCUT2D eigenvalue weighted by Crippen LogP contribution is -2.29. The van der Waals surface area contributed by atoms with E-state index >= 15 is 0 Å². The van der Waals surface area contributed by atoms with Crippen LogP contribution in [0.25, 0.3) is 0 Å². The van der Waals surface area contributed by atoms with Crippen LogP contribution in [-0.2, 0) is 0 Å². The predicted octanol–water partition coefficient (Wildman–Crippen LogP) is 1.67. The Bertz CT molecular complexity index is 409. The maximum absolute atomic E-state index is 13.9.